The molecule has 1 amide bonds. The second-order valence-electron chi connectivity index (χ2n) is 4.02. The second kappa shape index (κ2) is 3.96. The third-order valence-electron chi connectivity index (χ3n) is 2.64. The zero-order valence-electron chi connectivity index (χ0n) is 8.81. The molecule has 1 aliphatic rings. The molecule has 16 heavy (non-hydrogen) atoms. The number of carbonyl (C=O) groups excluding carboxylic acids is 1. The molecule has 0 saturated carbocycles. The van der Waals surface area contributed by atoms with Crippen LogP contribution >= 0.6 is 11.6 Å². The summed E-state index contributed by atoms with van der Waals surface area (Å²) in [6, 6.07) is 6.90. The molecule has 0 radical (unpaired) electrons. The van der Waals surface area contributed by atoms with E-state index in [4.69, 9.17) is 16.3 Å². The quantitative estimate of drug-likeness (QED) is 0.862. The molecule has 0 aromatic heterocycles. The third-order valence-corrected chi connectivity index (χ3v) is 2.87. The van der Waals surface area contributed by atoms with E-state index in [0.717, 1.165) is 0 Å². The molecule has 5 heteroatoms. The Morgan fingerprint density at radius 2 is 2.38 bits per heavy atom. The van der Waals surface area contributed by atoms with Crippen molar-refractivity contribution in [2.24, 2.45) is 0 Å². The van der Waals surface area contributed by atoms with Crippen LogP contribution in [0.4, 0.5) is 10.5 Å². The van der Waals surface area contributed by atoms with Crippen LogP contribution in [0.2, 0.25) is 5.02 Å². The van der Waals surface area contributed by atoms with Gasteiger partial charge >= 0.3 is 6.09 Å². The number of ether oxygens (including phenoxy) is 1. The van der Waals surface area contributed by atoms with Crippen molar-refractivity contribution < 1.29 is 14.6 Å². The molecule has 1 aromatic rings. The molecule has 4 nitrogen and oxygen atoms in total. The summed E-state index contributed by atoms with van der Waals surface area (Å²) in [6.45, 7) is 1.78. The van der Waals surface area contributed by atoms with Gasteiger partial charge in [0.05, 0.1) is 6.61 Å². The predicted octanol–water partition coefficient (Wildman–Crippen LogP) is 2.05. The number of hydrogen-bond donors (Lipinski definition) is 1. The minimum absolute atomic E-state index is 0.161. The van der Waals surface area contributed by atoms with E-state index >= 15 is 0 Å². The third kappa shape index (κ3) is 1.74. The van der Waals surface area contributed by atoms with Gasteiger partial charge in [-0.3, -0.25) is 4.90 Å². The van der Waals surface area contributed by atoms with E-state index in [1.54, 1.807) is 31.2 Å². The van der Waals surface area contributed by atoms with Crippen LogP contribution in [0.1, 0.15) is 6.92 Å². The Morgan fingerprint density at radius 3 is 3.00 bits per heavy atom. The molecule has 1 aromatic carbocycles. The van der Waals surface area contributed by atoms with Crippen molar-refractivity contribution in [3.63, 3.8) is 0 Å². The van der Waals surface area contributed by atoms with Crippen molar-refractivity contribution in [2.75, 3.05) is 18.1 Å². The maximum absolute atomic E-state index is 11.6. The average Bonchev–Trinajstić information content (AvgIpc) is 2.56. The molecule has 86 valence electrons. The smallest absolute Gasteiger partial charge is 0.415 e. The van der Waals surface area contributed by atoms with Gasteiger partial charge in [0.25, 0.3) is 0 Å². The van der Waals surface area contributed by atoms with Crippen LogP contribution in [0.3, 0.4) is 0 Å². The zero-order chi connectivity index (χ0) is 11.8. The summed E-state index contributed by atoms with van der Waals surface area (Å²) >= 11 is 5.87. The van der Waals surface area contributed by atoms with Crippen molar-refractivity contribution >= 4 is 23.4 Å². The van der Waals surface area contributed by atoms with Gasteiger partial charge in [-0.1, -0.05) is 17.7 Å². The normalized spacial score (nSPS) is 24.7. The highest BCUT2D eigenvalue weighted by atomic mass is 35.5. The number of anilines is 1. The Bertz CT molecular complexity index is 423. The van der Waals surface area contributed by atoms with Gasteiger partial charge in [-0.2, -0.15) is 0 Å². The van der Waals surface area contributed by atoms with Gasteiger partial charge in [0.1, 0.15) is 12.1 Å². The Balaban J connectivity index is 2.41. The molecular weight excluding hydrogens is 230 g/mol. The fourth-order valence-electron chi connectivity index (χ4n) is 1.72. The van der Waals surface area contributed by atoms with E-state index < -0.39 is 11.6 Å². The van der Waals surface area contributed by atoms with Gasteiger partial charge in [0.15, 0.2) is 0 Å². The number of aliphatic hydroxyl groups is 1. The molecule has 1 unspecified atom stereocenters. The number of benzene rings is 1. The van der Waals surface area contributed by atoms with Gasteiger partial charge in [-0.25, -0.2) is 4.79 Å². The number of carbonyl (C=O) groups is 1. The van der Waals surface area contributed by atoms with Crippen LogP contribution in [-0.2, 0) is 4.74 Å². The summed E-state index contributed by atoms with van der Waals surface area (Å²) in [6.07, 6.45) is -0.459. The van der Waals surface area contributed by atoms with Crippen molar-refractivity contribution in [3.8, 4) is 0 Å². The average molecular weight is 242 g/mol. The van der Waals surface area contributed by atoms with Crippen molar-refractivity contribution in [1.82, 2.24) is 0 Å². The molecule has 1 atom stereocenters. The number of halogens is 1. The van der Waals surface area contributed by atoms with Crippen LogP contribution < -0.4 is 4.90 Å². The van der Waals surface area contributed by atoms with Crippen LogP contribution in [0.5, 0.6) is 0 Å². The molecule has 1 fully saturated rings. The number of amides is 1. The van der Waals surface area contributed by atoms with E-state index in [2.05, 4.69) is 0 Å². The first kappa shape index (κ1) is 11.2. The lowest BCUT2D eigenvalue weighted by Gasteiger charge is -2.29. The fourth-order valence-corrected chi connectivity index (χ4v) is 1.90. The number of rotatable bonds is 2. The van der Waals surface area contributed by atoms with E-state index in [-0.39, 0.29) is 13.2 Å². The fraction of sp³-hybridized carbons (Fsp3) is 0.364. The second-order valence-corrected chi connectivity index (χ2v) is 4.46. The van der Waals surface area contributed by atoms with Gasteiger partial charge in [0, 0.05) is 10.7 Å². The first-order valence-corrected chi connectivity index (χ1v) is 5.28. The zero-order valence-corrected chi connectivity index (χ0v) is 9.57. The van der Waals surface area contributed by atoms with Crippen molar-refractivity contribution in [3.05, 3.63) is 29.3 Å². The molecule has 2 rings (SSSR count). The van der Waals surface area contributed by atoms with Gasteiger partial charge < -0.3 is 9.84 Å². The summed E-state index contributed by atoms with van der Waals surface area (Å²) in [5.41, 5.74) is -0.0894. The maximum atomic E-state index is 11.6. The van der Waals surface area contributed by atoms with E-state index in [1.807, 2.05) is 0 Å². The number of aliphatic hydroxyl groups excluding tert-OH is 1. The molecular formula is C11H12ClNO3. The van der Waals surface area contributed by atoms with Gasteiger partial charge in [-0.15, -0.1) is 0 Å². The Morgan fingerprint density at radius 1 is 1.62 bits per heavy atom. The summed E-state index contributed by atoms with van der Waals surface area (Å²) < 4.78 is 4.95. The van der Waals surface area contributed by atoms with Gasteiger partial charge in [-0.05, 0) is 25.1 Å². The molecule has 0 bridgehead atoms. The molecule has 1 heterocycles. The predicted molar refractivity (Wildman–Crippen MR) is 60.8 cm³/mol. The minimum atomic E-state index is -0.720. The van der Waals surface area contributed by atoms with Crippen LogP contribution in [0, 0.1) is 0 Å². The number of hydrogen-bond acceptors (Lipinski definition) is 3. The first-order valence-electron chi connectivity index (χ1n) is 4.90. The highest BCUT2D eigenvalue weighted by Crippen LogP contribution is 2.31. The van der Waals surface area contributed by atoms with Crippen LogP contribution in [-0.4, -0.2) is 30.0 Å². The van der Waals surface area contributed by atoms with E-state index in [0.29, 0.717) is 10.7 Å². The molecule has 1 N–H and O–H groups in total. The molecule has 1 saturated heterocycles. The molecule has 0 aliphatic carbocycles. The minimum Gasteiger partial charge on any atom is -0.447 e. The number of cyclic esters (lactones) is 1. The summed E-state index contributed by atoms with van der Waals surface area (Å²) in [7, 11) is 0. The standard InChI is InChI=1S/C11H12ClNO3/c1-11(6-14)7-16-10(15)13(11)9-4-2-3-8(12)5-9/h2-5,14H,6-7H2,1H3. The summed E-state index contributed by atoms with van der Waals surface area (Å²) in [4.78, 5) is 13.0. The van der Waals surface area contributed by atoms with Crippen molar-refractivity contribution in [1.29, 1.82) is 0 Å². The van der Waals surface area contributed by atoms with E-state index in [1.165, 1.54) is 4.90 Å². The van der Waals surface area contributed by atoms with Crippen LogP contribution in [0.15, 0.2) is 24.3 Å². The summed E-state index contributed by atoms with van der Waals surface area (Å²) in [5.74, 6) is 0. The highest BCUT2D eigenvalue weighted by molar-refractivity contribution is 6.30. The monoisotopic (exact) mass is 241 g/mol. The highest BCUT2D eigenvalue weighted by Gasteiger charge is 2.44. The van der Waals surface area contributed by atoms with E-state index in [9.17, 15) is 9.90 Å². The van der Waals surface area contributed by atoms with Crippen LogP contribution in [0.25, 0.3) is 0 Å². The molecule has 0 spiro atoms. The lowest BCUT2D eigenvalue weighted by Crippen LogP contribution is -2.47. The SMILES string of the molecule is CC1(CO)COC(=O)N1c1cccc(Cl)c1. The topological polar surface area (TPSA) is 49.8 Å². The number of nitrogens with zero attached hydrogens (tertiary/aromatic N) is 1. The largest absolute Gasteiger partial charge is 0.447 e. The lowest BCUT2D eigenvalue weighted by molar-refractivity contribution is 0.155. The maximum Gasteiger partial charge on any atom is 0.415 e. The van der Waals surface area contributed by atoms with Gasteiger partial charge in [0.2, 0.25) is 0 Å². The lowest BCUT2D eigenvalue weighted by atomic mass is 10.0. The molecule has 1 aliphatic heterocycles. The van der Waals surface area contributed by atoms with Crippen molar-refractivity contribution in [2.45, 2.75) is 12.5 Å². The Labute approximate surface area is 98.4 Å². The Kier molecular flexibility index (Phi) is 2.78. The summed E-state index contributed by atoms with van der Waals surface area (Å²) in [5, 5.41) is 9.88. The Hall–Kier alpha value is -1.26. The first-order chi connectivity index (χ1) is 7.57.